The van der Waals surface area contributed by atoms with E-state index in [9.17, 15) is 9.59 Å². The predicted molar refractivity (Wildman–Crippen MR) is 81.1 cm³/mol. The highest BCUT2D eigenvalue weighted by atomic mass is 16.5. The quantitative estimate of drug-likeness (QED) is 0.622. The van der Waals surface area contributed by atoms with Gasteiger partial charge in [0.15, 0.2) is 5.78 Å². The van der Waals surface area contributed by atoms with Crippen LogP contribution >= 0.6 is 0 Å². The van der Waals surface area contributed by atoms with Gasteiger partial charge < -0.3 is 9.47 Å². The van der Waals surface area contributed by atoms with Crippen molar-refractivity contribution >= 4 is 11.8 Å². The third-order valence-corrected chi connectivity index (χ3v) is 3.15. The fourth-order valence-corrected chi connectivity index (χ4v) is 1.91. The molecule has 0 saturated heterocycles. The van der Waals surface area contributed by atoms with Gasteiger partial charge >= 0.3 is 5.97 Å². The number of ketones is 1. The second-order valence-electron chi connectivity index (χ2n) is 4.70. The number of carbonyl (C=O) groups excluding carboxylic acids is 2. The van der Waals surface area contributed by atoms with Crippen molar-refractivity contribution in [3.8, 4) is 11.8 Å². The van der Waals surface area contributed by atoms with E-state index in [0.29, 0.717) is 22.4 Å². The summed E-state index contributed by atoms with van der Waals surface area (Å²) >= 11 is 0. The lowest BCUT2D eigenvalue weighted by Crippen LogP contribution is -2.08. The molecule has 23 heavy (non-hydrogen) atoms. The second-order valence-corrected chi connectivity index (χ2v) is 4.70. The molecule has 6 nitrogen and oxygen atoms in total. The van der Waals surface area contributed by atoms with E-state index in [4.69, 9.17) is 14.7 Å². The lowest BCUT2D eigenvalue weighted by Gasteiger charge is -2.10. The number of carbonyl (C=O) groups is 2. The van der Waals surface area contributed by atoms with E-state index in [0.717, 1.165) is 0 Å². The Morgan fingerprint density at radius 1 is 1.26 bits per heavy atom. The molecular weight excluding hydrogens is 296 g/mol. The molecule has 0 fully saturated rings. The number of pyridine rings is 1. The van der Waals surface area contributed by atoms with Crippen molar-refractivity contribution in [1.29, 1.82) is 5.26 Å². The van der Waals surface area contributed by atoms with Crippen LogP contribution in [0.25, 0.3) is 0 Å². The lowest BCUT2D eigenvalue weighted by molar-refractivity contribution is 0.0463. The molecule has 2 aromatic rings. The Hall–Kier alpha value is -3.20. The number of esters is 1. The molecule has 0 atom stereocenters. The van der Waals surface area contributed by atoms with Gasteiger partial charge in [0, 0.05) is 17.3 Å². The van der Waals surface area contributed by atoms with Crippen LogP contribution in [0, 0.1) is 11.3 Å². The number of aromatic nitrogens is 1. The molecule has 0 aliphatic heterocycles. The van der Waals surface area contributed by atoms with Crippen LogP contribution in [0.2, 0.25) is 0 Å². The maximum Gasteiger partial charge on any atom is 0.357 e. The number of nitrogens with zero attached hydrogens (tertiary/aromatic N) is 2. The van der Waals surface area contributed by atoms with E-state index in [2.05, 4.69) is 4.98 Å². The van der Waals surface area contributed by atoms with Crippen LogP contribution in [0.15, 0.2) is 36.5 Å². The summed E-state index contributed by atoms with van der Waals surface area (Å²) in [6.07, 6.45) is 1.30. The zero-order chi connectivity index (χ0) is 16.8. The summed E-state index contributed by atoms with van der Waals surface area (Å²) in [6, 6.07) is 9.75. The lowest BCUT2D eigenvalue weighted by atomic mass is 10.1. The van der Waals surface area contributed by atoms with Crippen LogP contribution in [0.1, 0.15) is 38.9 Å². The van der Waals surface area contributed by atoms with Crippen molar-refractivity contribution in [3.63, 3.8) is 0 Å². The summed E-state index contributed by atoms with van der Waals surface area (Å²) in [7, 11) is 1.50. The van der Waals surface area contributed by atoms with Crippen molar-refractivity contribution in [1.82, 2.24) is 4.98 Å². The van der Waals surface area contributed by atoms with Crippen LogP contribution in [-0.4, -0.2) is 23.8 Å². The highest BCUT2D eigenvalue weighted by molar-refractivity contribution is 5.94. The van der Waals surface area contributed by atoms with Crippen LogP contribution in [0.4, 0.5) is 0 Å². The minimum atomic E-state index is -0.621. The van der Waals surface area contributed by atoms with Gasteiger partial charge in [0.1, 0.15) is 24.1 Å². The number of methoxy groups -OCH3 is 1. The molecule has 1 heterocycles. The monoisotopic (exact) mass is 310 g/mol. The van der Waals surface area contributed by atoms with Gasteiger partial charge in [-0.25, -0.2) is 9.78 Å². The van der Waals surface area contributed by atoms with Gasteiger partial charge in [-0.05, 0) is 37.3 Å². The smallest absolute Gasteiger partial charge is 0.357 e. The molecule has 0 saturated carbocycles. The summed E-state index contributed by atoms with van der Waals surface area (Å²) in [6.45, 7) is 1.41. The summed E-state index contributed by atoms with van der Waals surface area (Å²) in [4.78, 5) is 27.3. The van der Waals surface area contributed by atoms with Crippen molar-refractivity contribution in [3.05, 3.63) is 58.9 Å². The van der Waals surface area contributed by atoms with Crippen LogP contribution in [0.5, 0.6) is 5.75 Å². The Morgan fingerprint density at radius 3 is 2.61 bits per heavy atom. The molecule has 0 amide bonds. The van der Waals surface area contributed by atoms with Crippen molar-refractivity contribution in [2.24, 2.45) is 0 Å². The summed E-state index contributed by atoms with van der Waals surface area (Å²) in [5.74, 6) is -0.186. The molecule has 116 valence electrons. The fourth-order valence-electron chi connectivity index (χ4n) is 1.91. The number of hydrogen-bond donors (Lipinski definition) is 0. The molecule has 0 radical (unpaired) electrons. The number of nitriles is 1. The Bertz CT molecular complexity index is 776. The Balaban J connectivity index is 2.12. The average Bonchev–Trinajstić information content (AvgIpc) is 2.59. The molecule has 2 rings (SSSR count). The van der Waals surface area contributed by atoms with Crippen LogP contribution < -0.4 is 4.74 Å². The number of ether oxygens (including phenoxy) is 2. The number of benzene rings is 1. The van der Waals surface area contributed by atoms with Gasteiger partial charge in [0.05, 0.1) is 12.7 Å². The standard InChI is InChI=1S/C17H14N2O4/c1-11(20)13-4-6-16(22-2)14(7-13)10-23-17(21)15-5-3-12(8-18)9-19-15/h3-7,9H,10H2,1-2H3. The highest BCUT2D eigenvalue weighted by Crippen LogP contribution is 2.21. The second kappa shape index (κ2) is 7.18. The first-order valence-corrected chi connectivity index (χ1v) is 6.76. The van der Waals surface area contributed by atoms with Gasteiger partial charge in [0.25, 0.3) is 0 Å². The molecule has 1 aromatic carbocycles. The minimum absolute atomic E-state index is 0.0508. The SMILES string of the molecule is COc1ccc(C(C)=O)cc1COC(=O)c1ccc(C#N)cn1. The largest absolute Gasteiger partial charge is 0.496 e. The molecule has 0 aliphatic rings. The van der Waals surface area contributed by atoms with Crippen molar-refractivity contribution < 1.29 is 19.1 Å². The van der Waals surface area contributed by atoms with Gasteiger partial charge in [-0.2, -0.15) is 5.26 Å². The minimum Gasteiger partial charge on any atom is -0.496 e. The summed E-state index contributed by atoms with van der Waals surface area (Å²) in [5, 5.41) is 8.70. The van der Waals surface area contributed by atoms with E-state index in [1.165, 1.54) is 32.4 Å². The molecule has 0 N–H and O–H groups in total. The summed E-state index contributed by atoms with van der Waals surface area (Å²) in [5.41, 5.74) is 1.55. The fraction of sp³-hybridized carbons (Fsp3) is 0.176. The predicted octanol–water partition coefficient (Wildman–Crippen LogP) is 2.52. The van der Waals surface area contributed by atoms with Crippen LogP contribution in [0.3, 0.4) is 0 Å². The molecule has 1 aromatic heterocycles. The molecule has 6 heteroatoms. The first-order chi connectivity index (χ1) is 11.0. The van der Waals surface area contributed by atoms with E-state index < -0.39 is 5.97 Å². The topological polar surface area (TPSA) is 89.3 Å². The molecule has 0 bridgehead atoms. The van der Waals surface area contributed by atoms with E-state index in [1.54, 1.807) is 18.2 Å². The van der Waals surface area contributed by atoms with E-state index >= 15 is 0 Å². The maximum absolute atomic E-state index is 12.0. The molecular formula is C17H14N2O4. The normalized spacial score (nSPS) is 9.78. The maximum atomic E-state index is 12.0. The van der Waals surface area contributed by atoms with Gasteiger partial charge in [-0.15, -0.1) is 0 Å². The Morgan fingerprint density at radius 2 is 2.04 bits per heavy atom. The third kappa shape index (κ3) is 3.92. The number of hydrogen-bond acceptors (Lipinski definition) is 6. The number of Topliss-reactive ketones (excluding diaryl/α,β-unsaturated/α-hetero) is 1. The highest BCUT2D eigenvalue weighted by Gasteiger charge is 2.12. The number of rotatable bonds is 5. The van der Waals surface area contributed by atoms with Crippen molar-refractivity contribution in [2.45, 2.75) is 13.5 Å². The molecule has 0 unspecified atom stereocenters. The van der Waals surface area contributed by atoms with Gasteiger partial charge in [-0.1, -0.05) is 0 Å². The van der Waals surface area contributed by atoms with E-state index in [-0.39, 0.29) is 18.1 Å². The molecule has 0 aliphatic carbocycles. The zero-order valence-electron chi connectivity index (χ0n) is 12.7. The average molecular weight is 310 g/mol. The zero-order valence-corrected chi connectivity index (χ0v) is 12.7. The van der Waals surface area contributed by atoms with Gasteiger partial charge in [0.2, 0.25) is 0 Å². The van der Waals surface area contributed by atoms with Gasteiger partial charge in [-0.3, -0.25) is 4.79 Å². The van der Waals surface area contributed by atoms with Crippen molar-refractivity contribution in [2.75, 3.05) is 7.11 Å². The summed E-state index contributed by atoms with van der Waals surface area (Å²) < 4.78 is 10.4. The Kier molecular flexibility index (Phi) is 5.05. The first kappa shape index (κ1) is 16.2. The first-order valence-electron chi connectivity index (χ1n) is 6.76. The third-order valence-electron chi connectivity index (χ3n) is 3.15. The molecule has 0 spiro atoms. The van der Waals surface area contributed by atoms with E-state index in [1.807, 2.05) is 6.07 Å². The Labute approximate surface area is 133 Å². The van der Waals surface area contributed by atoms with Crippen LogP contribution in [-0.2, 0) is 11.3 Å².